The highest BCUT2D eigenvalue weighted by Gasteiger charge is 2.29. The fraction of sp³-hybridized carbons (Fsp3) is 0.148. The minimum atomic E-state index is -0.455. The van der Waals surface area contributed by atoms with Gasteiger partial charge in [-0.05, 0) is 54.8 Å². The summed E-state index contributed by atoms with van der Waals surface area (Å²) >= 11 is 6.32. The highest BCUT2D eigenvalue weighted by molar-refractivity contribution is 9.10. The van der Waals surface area contributed by atoms with Crippen LogP contribution >= 0.6 is 39.0 Å². The summed E-state index contributed by atoms with van der Waals surface area (Å²) in [4.78, 5) is 30.9. The number of anilines is 2. The molecular formula is C27H22BrN3O2S2. The molecule has 1 unspecified atom stereocenters. The molecule has 1 heterocycles. The van der Waals surface area contributed by atoms with E-state index < -0.39 is 5.25 Å². The zero-order valence-corrected chi connectivity index (χ0v) is 21.8. The molecule has 4 aromatic rings. The molecule has 3 aromatic carbocycles. The average Bonchev–Trinajstić information content (AvgIpc) is 3.64. The maximum Gasteiger partial charge on any atom is 0.244 e. The van der Waals surface area contributed by atoms with E-state index in [2.05, 4.69) is 31.5 Å². The van der Waals surface area contributed by atoms with Gasteiger partial charge in [0.15, 0.2) is 5.13 Å². The molecule has 2 N–H and O–H groups in total. The number of rotatable bonds is 8. The minimum absolute atomic E-state index is 0.0814. The number of nitrogens with one attached hydrogen (secondary N) is 2. The number of hydrogen-bond acceptors (Lipinski definition) is 5. The highest BCUT2D eigenvalue weighted by atomic mass is 79.9. The molecule has 5 rings (SSSR count). The van der Waals surface area contributed by atoms with Gasteiger partial charge in [-0.1, -0.05) is 58.4 Å². The third-order valence-corrected chi connectivity index (χ3v) is 8.09. The van der Waals surface area contributed by atoms with E-state index in [0.717, 1.165) is 44.7 Å². The zero-order valence-electron chi connectivity index (χ0n) is 18.6. The molecule has 1 atom stereocenters. The lowest BCUT2D eigenvalue weighted by Crippen LogP contribution is -2.19. The molecule has 0 bridgehead atoms. The van der Waals surface area contributed by atoms with Crippen molar-refractivity contribution in [3.05, 3.63) is 94.3 Å². The quantitative estimate of drug-likeness (QED) is 0.219. The number of nitrogens with zero attached hydrogens (tertiary/aromatic N) is 1. The van der Waals surface area contributed by atoms with E-state index in [0.29, 0.717) is 5.13 Å². The zero-order chi connectivity index (χ0) is 24.2. The maximum atomic E-state index is 13.4. The number of benzene rings is 3. The Morgan fingerprint density at radius 1 is 0.943 bits per heavy atom. The Labute approximate surface area is 220 Å². The molecule has 35 heavy (non-hydrogen) atoms. The molecule has 1 fully saturated rings. The molecule has 1 aromatic heterocycles. The lowest BCUT2D eigenvalue weighted by Gasteiger charge is -2.16. The smallest absolute Gasteiger partial charge is 0.244 e. The SMILES string of the molecule is O=C(Nc1ccc(SC(C(=O)Nc2nc(-c3ccc(Br)cc3)cs2)c2ccccc2)cc1)C1CC1. The number of thiazole rings is 1. The van der Waals surface area contributed by atoms with Gasteiger partial charge in [-0.25, -0.2) is 4.98 Å². The van der Waals surface area contributed by atoms with Crippen molar-refractivity contribution in [3.8, 4) is 11.3 Å². The first-order valence-corrected chi connectivity index (χ1v) is 13.8. The van der Waals surface area contributed by atoms with Gasteiger partial charge in [0.2, 0.25) is 11.8 Å². The van der Waals surface area contributed by atoms with Crippen LogP contribution in [-0.4, -0.2) is 16.8 Å². The molecule has 176 valence electrons. The summed E-state index contributed by atoms with van der Waals surface area (Å²) < 4.78 is 1.01. The third kappa shape index (κ3) is 6.20. The predicted molar refractivity (Wildman–Crippen MR) is 147 cm³/mol. The van der Waals surface area contributed by atoms with Gasteiger partial charge in [-0.2, -0.15) is 0 Å². The molecule has 0 spiro atoms. The first kappa shape index (κ1) is 23.8. The number of thioether (sulfide) groups is 1. The molecular weight excluding hydrogens is 542 g/mol. The molecule has 1 aliphatic carbocycles. The average molecular weight is 565 g/mol. The van der Waals surface area contributed by atoms with Crippen LogP contribution in [0.25, 0.3) is 11.3 Å². The van der Waals surface area contributed by atoms with Crippen molar-refractivity contribution in [2.24, 2.45) is 5.92 Å². The predicted octanol–water partition coefficient (Wildman–Crippen LogP) is 7.39. The number of carbonyl (C=O) groups excluding carboxylic acids is 2. The van der Waals surface area contributed by atoms with Crippen LogP contribution in [0.2, 0.25) is 0 Å². The Balaban J connectivity index is 1.30. The Morgan fingerprint density at radius 2 is 1.66 bits per heavy atom. The summed E-state index contributed by atoms with van der Waals surface area (Å²) in [7, 11) is 0. The number of carbonyl (C=O) groups is 2. The second-order valence-electron chi connectivity index (χ2n) is 8.23. The van der Waals surface area contributed by atoms with Gasteiger partial charge in [-0.15, -0.1) is 23.1 Å². The number of hydrogen-bond donors (Lipinski definition) is 2. The molecule has 0 aliphatic heterocycles. The molecule has 8 heteroatoms. The summed E-state index contributed by atoms with van der Waals surface area (Å²) in [5, 5.41) is 8.00. The number of halogens is 1. The van der Waals surface area contributed by atoms with Crippen molar-refractivity contribution in [1.82, 2.24) is 4.98 Å². The molecule has 0 radical (unpaired) electrons. The summed E-state index contributed by atoms with van der Waals surface area (Å²) in [5.41, 5.74) is 3.50. The molecule has 1 saturated carbocycles. The van der Waals surface area contributed by atoms with Crippen LogP contribution in [0.4, 0.5) is 10.8 Å². The van der Waals surface area contributed by atoms with Crippen LogP contribution in [0.15, 0.2) is 93.6 Å². The fourth-order valence-corrected chi connectivity index (χ4v) is 5.51. The first-order valence-electron chi connectivity index (χ1n) is 11.2. The van der Waals surface area contributed by atoms with Gasteiger partial charge in [0.25, 0.3) is 0 Å². The second kappa shape index (κ2) is 10.8. The minimum Gasteiger partial charge on any atom is -0.326 e. The maximum absolute atomic E-state index is 13.4. The van der Waals surface area contributed by atoms with Crippen LogP contribution < -0.4 is 10.6 Å². The van der Waals surface area contributed by atoms with Crippen molar-refractivity contribution >= 4 is 61.7 Å². The third-order valence-electron chi connectivity index (χ3n) is 5.54. The Hall–Kier alpha value is -2.94. The van der Waals surface area contributed by atoms with Crippen molar-refractivity contribution in [2.45, 2.75) is 23.0 Å². The normalized spacial score (nSPS) is 13.7. The lowest BCUT2D eigenvalue weighted by molar-refractivity contribution is -0.117. The monoisotopic (exact) mass is 563 g/mol. The summed E-state index contributed by atoms with van der Waals surface area (Å²) in [6.45, 7) is 0. The summed E-state index contributed by atoms with van der Waals surface area (Å²) in [6, 6.07) is 25.3. The lowest BCUT2D eigenvalue weighted by atomic mass is 10.1. The molecule has 0 saturated heterocycles. The summed E-state index contributed by atoms with van der Waals surface area (Å²) in [6.07, 6.45) is 1.94. The van der Waals surface area contributed by atoms with Crippen LogP contribution in [0.5, 0.6) is 0 Å². The van der Waals surface area contributed by atoms with Gasteiger partial charge < -0.3 is 10.6 Å². The van der Waals surface area contributed by atoms with E-state index >= 15 is 0 Å². The molecule has 5 nitrogen and oxygen atoms in total. The van der Waals surface area contributed by atoms with Crippen molar-refractivity contribution in [2.75, 3.05) is 10.6 Å². The van der Waals surface area contributed by atoms with Crippen LogP contribution in [0.3, 0.4) is 0 Å². The number of amides is 2. The van der Waals surface area contributed by atoms with E-state index in [4.69, 9.17) is 0 Å². The van der Waals surface area contributed by atoms with Gasteiger partial charge in [0.1, 0.15) is 5.25 Å². The molecule has 1 aliphatic rings. The second-order valence-corrected chi connectivity index (χ2v) is 11.2. The van der Waals surface area contributed by atoms with Crippen LogP contribution in [0, 0.1) is 5.92 Å². The van der Waals surface area contributed by atoms with E-state index in [9.17, 15) is 9.59 Å². The van der Waals surface area contributed by atoms with Gasteiger partial charge >= 0.3 is 0 Å². The topological polar surface area (TPSA) is 71.1 Å². The van der Waals surface area contributed by atoms with E-state index in [1.54, 1.807) is 0 Å². The Bertz CT molecular complexity index is 1320. The number of aromatic nitrogens is 1. The van der Waals surface area contributed by atoms with E-state index in [1.807, 2.05) is 84.2 Å². The van der Waals surface area contributed by atoms with Crippen molar-refractivity contribution < 1.29 is 9.59 Å². The van der Waals surface area contributed by atoms with Gasteiger partial charge in [0.05, 0.1) is 5.69 Å². The highest BCUT2D eigenvalue weighted by Crippen LogP contribution is 2.37. The Kier molecular flexibility index (Phi) is 7.32. The first-order chi connectivity index (χ1) is 17.0. The van der Waals surface area contributed by atoms with Gasteiger partial charge in [-0.3, -0.25) is 9.59 Å². The van der Waals surface area contributed by atoms with E-state index in [1.165, 1.54) is 23.1 Å². The largest absolute Gasteiger partial charge is 0.326 e. The molecule has 2 amide bonds. The summed E-state index contributed by atoms with van der Waals surface area (Å²) in [5.74, 6) is 0.104. The van der Waals surface area contributed by atoms with Crippen molar-refractivity contribution in [3.63, 3.8) is 0 Å². The van der Waals surface area contributed by atoms with Gasteiger partial charge in [0, 0.05) is 31.9 Å². The fourth-order valence-electron chi connectivity index (χ4n) is 3.50. The van der Waals surface area contributed by atoms with Crippen molar-refractivity contribution in [1.29, 1.82) is 0 Å². The van der Waals surface area contributed by atoms with Crippen LogP contribution in [-0.2, 0) is 9.59 Å². The van der Waals surface area contributed by atoms with E-state index in [-0.39, 0.29) is 17.7 Å². The Morgan fingerprint density at radius 3 is 2.34 bits per heavy atom. The van der Waals surface area contributed by atoms with Crippen LogP contribution in [0.1, 0.15) is 23.7 Å². The standard InChI is InChI=1S/C27H22BrN3O2S2/c28-20-10-8-17(9-11-20)23-16-34-27(30-23)31-26(33)24(18-4-2-1-3-5-18)35-22-14-12-21(13-15-22)29-25(32)19-6-7-19/h1-5,8-16,19,24H,6-7H2,(H,29,32)(H,30,31,33).